The second-order valence-corrected chi connectivity index (χ2v) is 10.1. The van der Waals surface area contributed by atoms with Crippen LogP contribution in [0.25, 0.3) is 0 Å². The number of aryl methyl sites for hydroxylation is 1. The minimum atomic E-state index is -0.161. The Labute approximate surface area is 188 Å². The van der Waals surface area contributed by atoms with Crippen LogP contribution >= 0.6 is 12.4 Å². The maximum absolute atomic E-state index is 13.3. The number of pyridine rings is 1. The molecule has 0 aliphatic rings. The van der Waals surface area contributed by atoms with Crippen molar-refractivity contribution < 1.29 is 4.79 Å². The van der Waals surface area contributed by atoms with Gasteiger partial charge in [0.15, 0.2) is 0 Å². The summed E-state index contributed by atoms with van der Waals surface area (Å²) in [6, 6.07) is 9.95. The third-order valence-electron chi connectivity index (χ3n) is 5.18. The van der Waals surface area contributed by atoms with Gasteiger partial charge in [0.25, 0.3) is 5.91 Å². The first-order valence-corrected chi connectivity index (χ1v) is 10.5. The summed E-state index contributed by atoms with van der Waals surface area (Å²) in [6.07, 6.45) is 1.75. The highest BCUT2D eigenvalue weighted by Gasteiger charge is 2.24. The molecular formula is C25H38ClN3O. The monoisotopic (exact) mass is 431 g/mol. The average molecular weight is 432 g/mol. The van der Waals surface area contributed by atoms with E-state index in [4.69, 9.17) is 5.73 Å². The molecule has 1 aromatic carbocycles. The van der Waals surface area contributed by atoms with Gasteiger partial charge < -0.3 is 11.1 Å². The highest BCUT2D eigenvalue weighted by Crippen LogP contribution is 2.30. The molecule has 166 valence electrons. The minimum absolute atomic E-state index is 0. The predicted molar refractivity (Wildman–Crippen MR) is 130 cm³/mol. The summed E-state index contributed by atoms with van der Waals surface area (Å²) in [6.45, 7) is 17.2. The van der Waals surface area contributed by atoms with Crippen LogP contribution in [-0.4, -0.2) is 10.9 Å². The van der Waals surface area contributed by atoms with E-state index in [1.165, 1.54) is 11.1 Å². The first kappa shape index (κ1) is 26.0. The topological polar surface area (TPSA) is 68.0 Å². The molecule has 1 amide bonds. The molecule has 2 aromatic rings. The van der Waals surface area contributed by atoms with Gasteiger partial charge >= 0.3 is 0 Å². The summed E-state index contributed by atoms with van der Waals surface area (Å²) in [7, 11) is 0. The van der Waals surface area contributed by atoms with E-state index in [2.05, 4.69) is 64.8 Å². The Morgan fingerprint density at radius 3 is 1.97 bits per heavy atom. The maximum atomic E-state index is 13.3. The van der Waals surface area contributed by atoms with Gasteiger partial charge in [0.2, 0.25) is 0 Å². The minimum Gasteiger partial charge on any atom is -0.384 e. The van der Waals surface area contributed by atoms with Crippen molar-refractivity contribution in [3.63, 3.8) is 0 Å². The number of rotatable bonds is 5. The number of carbonyl (C=O) groups is 1. The Balaban J connectivity index is 0.00000450. The van der Waals surface area contributed by atoms with Crippen LogP contribution in [0, 0.1) is 6.92 Å². The Morgan fingerprint density at radius 1 is 1.00 bits per heavy atom. The molecule has 1 heterocycles. The molecule has 0 aliphatic carbocycles. The summed E-state index contributed by atoms with van der Waals surface area (Å²) in [5, 5.41) is 3.21. The largest absolute Gasteiger partial charge is 0.384 e. The van der Waals surface area contributed by atoms with E-state index in [-0.39, 0.29) is 35.2 Å². The maximum Gasteiger partial charge on any atom is 0.251 e. The van der Waals surface area contributed by atoms with Crippen molar-refractivity contribution in [3.8, 4) is 0 Å². The van der Waals surface area contributed by atoms with E-state index in [0.717, 1.165) is 24.1 Å². The predicted octanol–water partition coefficient (Wildman–Crippen LogP) is 6.26. The number of amides is 1. The molecule has 1 unspecified atom stereocenters. The normalized spacial score (nSPS) is 12.8. The summed E-state index contributed by atoms with van der Waals surface area (Å²) in [5.41, 5.74) is 10.8. The number of anilines is 1. The number of nitrogens with one attached hydrogen (secondary N) is 1. The van der Waals surface area contributed by atoms with Crippen LogP contribution < -0.4 is 11.1 Å². The molecule has 1 atom stereocenters. The van der Waals surface area contributed by atoms with Crippen molar-refractivity contribution in [1.29, 1.82) is 0 Å². The quantitative estimate of drug-likeness (QED) is 0.586. The van der Waals surface area contributed by atoms with Crippen molar-refractivity contribution in [2.45, 2.75) is 85.1 Å². The van der Waals surface area contributed by atoms with Gasteiger partial charge in [-0.25, -0.2) is 4.98 Å². The van der Waals surface area contributed by atoms with E-state index in [9.17, 15) is 4.79 Å². The third-order valence-corrected chi connectivity index (χ3v) is 5.18. The standard InChI is InChI=1S/C25H37N3O.ClH/c1-9-10-20(21-11-16(2)12-22(26)27-21)28-23(29)17-13-18(24(3,4)5)15-19(14-17)25(6,7)8;/h11-15,20H,9-10H2,1-8H3,(H2,26,27)(H,28,29);1H. The molecule has 0 saturated carbocycles. The zero-order chi connectivity index (χ0) is 22.0. The lowest BCUT2D eigenvalue weighted by Crippen LogP contribution is -2.30. The third kappa shape index (κ3) is 6.73. The number of hydrogen-bond acceptors (Lipinski definition) is 3. The molecule has 0 fully saturated rings. The van der Waals surface area contributed by atoms with Gasteiger partial charge in [-0.2, -0.15) is 0 Å². The lowest BCUT2D eigenvalue weighted by atomic mass is 9.79. The number of aromatic nitrogens is 1. The lowest BCUT2D eigenvalue weighted by molar-refractivity contribution is 0.0933. The Bertz CT molecular complexity index is 826. The van der Waals surface area contributed by atoms with Crippen molar-refractivity contribution >= 4 is 24.1 Å². The number of nitrogen functional groups attached to an aromatic ring is 1. The zero-order valence-corrected chi connectivity index (χ0v) is 20.5. The van der Waals surface area contributed by atoms with E-state index in [1.807, 2.05) is 31.2 Å². The number of carbonyl (C=O) groups excluding carboxylic acids is 1. The summed E-state index contributed by atoms with van der Waals surface area (Å²) < 4.78 is 0. The highest BCUT2D eigenvalue weighted by atomic mass is 35.5. The van der Waals surface area contributed by atoms with E-state index < -0.39 is 0 Å². The number of benzene rings is 1. The molecule has 0 bridgehead atoms. The van der Waals surface area contributed by atoms with Gasteiger partial charge in [-0.1, -0.05) is 61.0 Å². The first-order chi connectivity index (χ1) is 13.3. The number of halogens is 1. The van der Waals surface area contributed by atoms with E-state index in [1.54, 1.807) is 0 Å². The molecule has 3 N–H and O–H groups in total. The Hall–Kier alpha value is -2.07. The molecule has 30 heavy (non-hydrogen) atoms. The molecule has 0 radical (unpaired) electrons. The van der Waals surface area contributed by atoms with Crippen molar-refractivity contribution in [2.75, 3.05) is 5.73 Å². The zero-order valence-electron chi connectivity index (χ0n) is 19.7. The van der Waals surface area contributed by atoms with Crippen molar-refractivity contribution in [1.82, 2.24) is 10.3 Å². The van der Waals surface area contributed by atoms with Crippen LogP contribution in [0.5, 0.6) is 0 Å². The first-order valence-electron chi connectivity index (χ1n) is 10.5. The number of nitrogens with zero attached hydrogens (tertiary/aromatic N) is 1. The van der Waals surface area contributed by atoms with Crippen LogP contribution in [0.4, 0.5) is 5.82 Å². The molecular weight excluding hydrogens is 394 g/mol. The van der Waals surface area contributed by atoms with Crippen LogP contribution in [0.3, 0.4) is 0 Å². The fourth-order valence-electron chi connectivity index (χ4n) is 3.35. The second kappa shape index (κ2) is 9.82. The molecule has 0 spiro atoms. The molecule has 0 saturated heterocycles. The van der Waals surface area contributed by atoms with Crippen LogP contribution in [0.1, 0.15) is 100 Å². The molecule has 2 rings (SSSR count). The Morgan fingerprint density at radius 2 is 1.53 bits per heavy atom. The summed E-state index contributed by atoms with van der Waals surface area (Å²) >= 11 is 0. The summed E-state index contributed by atoms with van der Waals surface area (Å²) in [5.74, 6) is 0.419. The molecule has 4 nitrogen and oxygen atoms in total. The van der Waals surface area contributed by atoms with Gasteiger partial charge in [0, 0.05) is 5.56 Å². The Kier molecular flexibility index (Phi) is 8.50. The van der Waals surface area contributed by atoms with Crippen LogP contribution in [-0.2, 0) is 10.8 Å². The van der Waals surface area contributed by atoms with Gasteiger partial charge in [0.1, 0.15) is 5.82 Å². The second-order valence-electron chi connectivity index (χ2n) is 10.1. The highest BCUT2D eigenvalue weighted by molar-refractivity contribution is 5.95. The van der Waals surface area contributed by atoms with Gasteiger partial charge in [-0.3, -0.25) is 4.79 Å². The van der Waals surface area contributed by atoms with Crippen molar-refractivity contribution in [2.24, 2.45) is 0 Å². The summed E-state index contributed by atoms with van der Waals surface area (Å²) in [4.78, 5) is 17.7. The lowest BCUT2D eigenvalue weighted by Gasteiger charge is -2.26. The van der Waals surface area contributed by atoms with Gasteiger partial charge in [-0.05, 0) is 65.1 Å². The SMILES string of the molecule is CCCC(NC(=O)c1cc(C(C)(C)C)cc(C(C)(C)C)c1)c1cc(C)cc(N)n1.Cl. The van der Waals surface area contributed by atoms with Crippen LogP contribution in [0.15, 0.2) is 30.3 Å². The molecule has 0 aliphatic heterocycles. The molecule has 1 aromatic heterocycles. The number of hydrogen-bond donors (Lipinski definition) is 2. The fraction of sp³-hybridized carbons (Fsp3) is 0.520. The smallest absolute Gasteiger partial charge is 0.251 e. The van der Waals surface area contributed by atoms with Crippen molar-refractivity contribution in [3.05, 3.63) is 58.3 Å². The fourth-order valence-corrected chi connectivity index (χ4v) is 3.35. The van der Waals surface area contributed by atoms with Gasteiger partial charge in [0.05, 0.1) is 11.7 Å². The van der Waals surface area contributed by atoms with E-state index >= 15 is 0 Å². The molecule has 5 heteroatoms. The number of nitrogens with two attached hydrogens (primary N) is 1. The average Bonchev–Trinajstić information content (AvgIpc) is 2.58. The van der Waals surface area contributed by atoms with Gasteiger partial charge in [-0.15, -0.1) is 12.4 Å². The van der Waals surface area contributed by atoms with E-state index in [0.29, 0.717) is 11.4 Å². The van der Waals surface area contributed by atoms with Crippen LogP contribution in [0.2, 0.25) is 0 Å².